The van der Waals surface area contributed by atoms with Crippen molar-refractivity contribution in [2.24, 2.45) is 0 Å². The smallest absolute Gasteiger partial charge is 0.323 e. The molecule has 2 aromatic rings. The van der Waals surface area contributed by atoms with E-state index in [0.717, 1.165) is 16.9 Å². The number of amides is 2. The van der Waals surface area contributed by atoms with Gasteiger partial charge in [0.25, 0.3) is 0 Å². The molecule has 2 amide bonds. The van der Waals surface area contributed by atoms with Gasteiger partial charge in [-0.2, -0.15) is 0 Å². The topological polar surface area (TPSA) is 59.6 Å². The highest BCUT2D eigenvalue weighted by Gasteiger charge is 2.09. The van der Waals surface area contributed by atoms with Crippen LogP contribution >= 0.6 is 11.6 Å². The minimum absolute atomic E-state index is 0.380. The van der Waals surface area contributed by atoms with Crippen molar-refractivity contribution in [3.63, 3.8) is 0 Å². The van der Waals surface area contributed by atoms with E-state index < -0.39 is 0 Å². The summed E-state index contributed by atoms with van der Waals surface area (Å²) in [6, 6.07) is 10.5. The number of urea groups is 1. The Bertz CT molecular complexity index is 760. The van der Waals surface area contributed by atoms with Crippen LogP contribution in [0, 0.1) is 6.92 Å². The van der Waals surface area contributed by atoms with Crippen LogP contribution in [0.5, 0.6) is 11.5 Å². The summed E-state index contributed by atoms with van der Waals surface area (Å²) in [7, 11) is 3.13. The number of methoxy groups -OCH3 is 2. The standard InChI is InChI=1S/C18H19ClN2O3/c1-12-9-16(17(24-3)11-15(12)19)21-18(22)20-8-7-13-5-4-6-14(10-13)23-2/h4-11H,1-3H3,(H2,20,21,22)/b8-7+. The van der Waals surface area contributed by atoms with Gasteiger partial charge in [-0.3, -0.25) is 0 Å². The van der Waals surface area contributed by atoms with Gasteiger partial charge in [0.05, 0.1) is 19.9 Å². The molecule has 2 rings (SSSR count). The van der Waals surface area contributed by atoms with Gasteiger partial charge in [-0.1, -0.05) is 23.7 Å². The van der Waals surface area contributed by atoms with Gasteiger partial charge in [-0.25, -0.2) is 4.79 Å². The number of ether oxygens (including phenoxy) is 2. The third-order valence-corrected chi connectivity index (χ3v) is 3.72. The molecule has 0 radical (unpaired) electrons. The van der Waals surface area contributed by atoms with Gasteiger partial charge in [0.2, 0.25) is 0 Å². The summed E-state index contributed by atoms with van der Waals surface area (Å²) in [5.41, 5.74) is 2.31. The fraction of sp³-hybridized carbons (Fsp3) is 0.167. The lowest BCUT2D eigenvalue weighted by atomic mass is 10.2. The van der Waals surface area contributed by atoms with Crippen molar-refractivity contribution in [3.8, 4) is 11.5 Å². The first-order valence-corrected chi connectivity index (χ1v) is 7.63. The Morgan fingerprint density at radius 1 is 1.17 bits per heavy atom. The van der Waals surface area contributed by atoms with Gasteiger partial charge in [0.15, 0.2) is 0 Å². The van der Waals surface area contributed by atoms with E-state index >= 15 is 0 Å². The quantitative estimate of drug-likeness (QED) is 0.840. The van der Waals surface area contributed by atoms with Crippen LogP contribution in [0.3, 0.4) is 0 Å². The molecule has 5 nitrogen and oxygen atoms in total. The third kappa shape index (κ3) is 4.67. The number of rotatable bonds is 5. The van der Waals surface area contributed by atoms with Crippen LogP contribution in [0.4, 0.5) is 10.5 Å². The average Bonchev–Trinajstić information content (AvgIpc) is 2.58. The van der Waals surface area contributed by atoms with Crippen LogP contribution in [0.15, 0.2) is 42.6 Å². The van der Waals surface area contributed by atoms with Crippen LogP contribution in [0.1, 0.15) is 11.1 Å². The number of nitrogens with one attached hydrogen (secondary N) is 2. The summed E-state index contributed by atoms with van der Waals surface area (Å²) in [6.45, 7) is 1.85. The largest absolute Gasteiger partial charge is 0.497 e. The average molecular weight is 347 g/mol. The fourth-order valence-corrected chi connectivity index (χ4v) is 2.20. The molecule has 0 aliphatic rings. The number of hydrogen-bond acceptors (Lipinski definition) is 3. The van der Waals surface area contributed by atoms with Crippen LogP contribution < -0.4 is 20.1 Å². The number of carbonyl (C=O) groups excluding carboxylic acids is 1. The molecule has 2 N–H and O–H groups in total. The summed E-state index contributed by atoms with van der Waals surface area (Å²) in [4.78, 5) is 12.0. The highest BCUT2D eigenvalue weighted by molar-refractivity contribution is 6.31. The van der Waals surface area contributed by atoms with Crippen molar-refractivity contribution in [2.75, 3.05) is 19.5 Å². The first kappa shape index (κ1) is 17.7. The molecule has 126 valence electrons. The molecule has 24 heavy (non-hydrogen) atoms. The van der Waals surface area contributed by atoms with E-state index in [-0.39, 0.29) is 6.03 Å². The molecular weight excluding hydrogens is 328 g/mol. The molecule has 0 aliphatic heterocycles. The molecule has 0 fully saturated rings. The summed E-state index contributed by atoms with van der Waals surface area (Å²) in [6.07, 6.45) is 3.33. The Kier molecular flexibility index (Phi) is 6.09. The third-order valence-electron chi connectivity index (χ3n) is 3.31. The number of carbonyl (C=O) groups is 1. The molecule has 6 heteroatoms. The summed E-state index contributed by atoms with van der Waals surface area (Å²) >= 11 is 6.05. The summed E-state index contributed by atoms with van der Waals surface area (Å²) in [5.74, 6) is 1.25. The van der Waals surface area contributed by atoms with Crippen molar-refractivity contribution in [2.45, 2.75) is 6.92 Å². The summed E-state index contributed by atoms with van der Waals surface area (Å²) in [5, 5.41) is 5.95. The second-order valence-electron chi connectivity index (χ2n) is 5.01. The molecule has 0 aliphatic carbocycles. The zero-order valence-corrected chi connectivity index (χ0v) is 14.5. The molecule has 0 heterocycles. The maximum atomic E-state index is 12.0. The Morgan fingerprint density at radius 2 is 1.96 bits per heavy atom. The molecular formula is C18H19ClN2O3. The van der Waals surface area contributed by atoms with E-state index in [1.807, 2.05) is 31.2 Å². The molecule has 0 atom stereocenters. The van der Waals surface area contributed by atoms with Crippen LogP contribution in [0.25, 0.3) is 6.08 Å². The number of halogens is 1. The van der Waals surface area contributed by atoms with Gasteiger partial charge in [-0.15, -0.1) is 0 Å². The lowest BCUT2D eigenvalue weighted by Gasteiger charge is -2.12. The molecule has 0 aromatic heterocycles. The number of benzene rings is 2. The minimum Gasteiger partial charge on any atom is -0.497 e. The lowest BCUT2D eigenvalue weighted by Crippen LogP contribution is -2.24. The molecule has 0 spiro atoms. The first-order chi connectivity index (χ1) is 11.5. The second-order valence-corrected chi connectivity index (χ2v) is 5.42. The zero-order chi connectivity index (χ0) is 17.5. The van der Waals surface area contributed by atoms with Gasteiger partial charge >= 0.3 is 6.03 Å². The predicted molar refractivity (Wildman–Crippen MR) is 96.9 cm³/mol. The molecule has 0 bridgehead atoms. The molecule has 0 saturated carbocycles. The van der Waals surface area contributed by atoms with Crippen molar-refractivity contribution in [1.82, 2.24) is 5.32 Å². The predicted octanol–water partition coefficient (Wildman–Crippen LogP) is 4.46. The zero-order valence-electron chi connectivity index (χ0n) is 13.7. The van der Waals surface area contributed by atoms with Gasteiger partial charge in [0, 0.05) is 17.3 Å². The maximum absolute atomic E-state index is 12.0. The Balaban J connectivity index is 2.01. The van der Waals surface area contributed by atoms with Gasteiger partial charge in [0.1, 0.15) is 11.5 Å². The first-order valence-electron chi connectivity index (χ1n) is 7.25. The monoisotopic (exact) mass is 346 g/mol. The number of aryl methyl sites for hydroxylation is 1. The van der Waals surface area contributed by atoms with E-state index in [9.17, 15) is 4.79 Å². The van der Waals surface area contributed by atoms with E-state index in [2.05, 4.69) is 10.6 Å². The van der Waals surface area contributed by atoms with Crippen LogP contribution in [-0.2, 0) is 0 Å². The molecule has 0 unspecified atom stereocenters. The maximum Gasteiger partial charge on any atom is 0.323 e. The number of hydrogen-bond donors (Lipinski definition) is 2. The van der Waals surface area contributed by atoms with Crippen molar-refractivity contribution < 1.29 is 14.3 Å². The van der Waals surface area contributed by atoms with E-state index in [0.29, 0.717) is 16.5 Å². The second kappa shape index (κ2) is 8.26. The minimum atomic E-state index is -0.380. The van der Waals surface area contributed by atoms with E-state index in [4.69, 9.17) is 21.1 Å². The number of anilines is 1. The van der Waals surface area contributed by atoms with Gasteiger partial charge < -0.3 is 20.1 Å². The Hall–Kier alpha value is -2.66. The van der Waals surface area contributed by atoms with Crippen molar-refractivity contribution in [1.29, 1.82) is 0 Å². The Labute approximate surface area is 146 Å². The van der Waals surface area contributed by atoms with Crippen LogP contribution in [-0.4, -0.2) is 20.3 Å². The molecule has 0 saturated heterocycles. The highest BCUT2D eigenvalue weighted by Crippen LogP contribution is 2.30. The molecule has 2 aromatic carbocycles. The van der Waals surface area contributed by atoms with Crippen molar-refractivity contribution in [3.05, 3.63) is 58.7 Å². The van der Waals surface area contributed by atoms with E-state index in [1.165, 1.54) is 7.11 Å². The van der Waals surface area contributed by atoms with Gasteiger partial charge in [-0.05, 0) is 42.3 Å². The Morgan fingerprint density at radius 3 is 2.67 bits per heavy atom. The van der Waals surface area contributed by atoms with E-state index in [1.54, 1.807) is 31.5 Å². The summed E-state index contributed by atoms with van der Waals surface area (Å²) < 4.78 is 10.4. The fourth-order valence-electron chi connectivity index (χ4n) is 2.05. The SMILES string of the molecule is COc1cccc(/C=C/NC(=O)Nc2cc(C)c(Cl)cc2OC)c1. The lowest BCUT2D eigenvalue weighted by molar-refractivity contribution is 0.255. The van der Waals surface area contributed by atoms with Crippen LogP contribution in [0.2, 0.25) is 5.02 Å². The van der Waals surface area contributed by atoms with Crippen molar-refractivity contribution >= 4 is 29.4 Å². The normalized spacial score (nSPS) is 10.5. The highest BCUT2D eigenvalue weighted by atomic mass is 35.5.